The van der Waals surface area contributed by atoms with Crippen LogP contribution in [0.15, 0.2) is 42.5 Å². The van der Waals surface area contributed by atoms with Crippen LogP contribution < -0.4 is 10.0 Å². The summed E-state index contributed by atoms with van der Waals surface area (Å²) in [4.78, 5) is 23.9. The fourth-order valence-electron chi connectivity index (χ4n) is 1.98. The Morgan fingerprint density at radius 1 is 1.04 bits per heavy atom. The van der Waals surface area contributed by atoms with Gasteiger partial charge in [-0.15, -0.1) is 0 Å². The molecule has 7 nitrogen and oxygen atoms in total. The number of sulfonamides is 1. The molecule has 9 heteroatoms. The molecule has 0 aliphatic rings. The maximum Gasteiger partial charge on any atom is 0.339 e. The number of carbonyl (C=O) groups excluding carboxylic acids is 2. The number of ether oxygens (including phenoxy) is 1. The van der Waals surface area contributed by atoms with Gasteiger partial charge in [0.05, 0.1) is 24.0 Å². The standard InChI is InChI=1S/C16H15ClN2O5S/c1-24-16(21)13-9-12(7-8-14(13)17)18-15(20)10-3-5-11(6-4-10)19-25(2,22)23/h3-9,19H,1-2H3,(H,18,20). The van der Waals surface area contributed by atoms with E-state index in [9.17, 15) is 18.0 Å². The average molecular weight is 383 g/mol. The molecule has 0 fully saturated rings. The third kappa shape index (κ3) is 5.20. The van der Waals surface area contributed by atoms with E-state index in [0.717, 1.165) is 6.26 Å². The number of amides is 1. The van der Waals surface area contributed by atoms with E-state index in [0.29, 0.717) is 16.9 Å². The number of anilines is 2. The van der Waals surface area contributed by atoms with Crippen molar-refractivity contribution >= 4 is 44.9 Å². The van der Waals surface area contributed by atoms with Gasteiger partial charge in [0.2, 0.25) is 10.0 Å². The van der Waals surface area contributed by atoms with Gasteiger partial charge >= 0.3 is 5.97 Å². The highest BCUT2D eigenvalue weighted by Gasteiger charge is 2.13. The van der Waals surface area contributed by atoms with Gasteiger partial charge in [-0.05, 0) is 42.5 Å². The maximum atomic E-state index is 12.2. The maximum absolute atomic E-state index is 12.2. The predicted octanol–water partition coefficient (Wildman–Crippen LogP) is 2.75. The molecule has 2 aromatic rings. The molecule has 1 amide bonds. The zero-order valence-corrected chi connectivity index (χ0v) is 14.9. The SMILES string of the molecule is COC(=O)c1cc(NC(=O)c2ccc(NS(C)(=O)=O)cc2)ccc1Cl. The van der Waals surface area contributed by atoms with Crippen LogP contribution in [-0.4, -0.2) is 33.7 Å². The van der Waals surface area contributed by atoms with Gasteiger partial charge in [0, 0.05) is 16.9 Å². The summed E-state index contributed by atoms with van der Waals surface area (Å²) in [5, 5.41) is 2.84. The molecular formula is C16H15ClN2O5S. The van der Waals surface area contributed by atoms with Gasteiger partial charge in [0.25, 0.3) is 5.91 Å². The molecule has 0 saturated heterocycles. The highest BCUT2D eigenvalue weighted by atomic mass is 35.5. The van der Waals surface area contributed by atoms with Gasteiger partial charge in [0.15, 0.2) is 0 Å². The summed E-state index contributed by atoms with van der Waals surface area (Å²) >= 11 is 5.92. The van der Waals surface area contributed by atoms with Crippen LogP contribution in [0.2, 0.25) is 5.02 Å². The minimum Gasteiger partial charge on any atom is -0.465 e. The lowest BCUT2D eigenvalue weighted by Crippen LogP contribution is -2.13. The van der Waals surface area contributed by atoms with Crippen molar-refractivity contribution in [3.05, 3.63) is 58.6 Å². The minimum atomic E-state index is -3.39. The Morgan fingerprint density at radius 2 is 1.64 bits per heavy atom. The molecule has 0 radical (unpaired) electrons. The van der Waals surface area contributed by atoms with E-state index in [1.165, 1.54) is 43.5 Å². The predicted molar refractivity (Wildman–Crippen MR) is 95.7 cm³/mol. The van der Waals surface area contributed by atoms with Crippen LogP contribution in [0.1, 0.15) is 20.7 Å². The van der Waals surface area contributed by atoms with Gasteiger partial charge in [-0.3, -0.25) is 9.52 Å². The van der Waals surface area contributed by atoms with E-state index in [1.54, 1.807) is 6.07 Å². The summed E-state index contributed by atoms with van der Waals surface area (Å²) in [6.45, 7) is 0. The topological polar surface area (TPSA) is 102 Å². The Bertz CT molecular complexity index is 911. The Kier molecular flexibility index (Phi) is 5.66. The number of benzene rings is 2. The monoisotopic (exact) mass is 382 g/mol. The summed E-state index contributed by atoms with van der Waals surface area (Å²) in [6.07, 6.45) is 1.03. The van der Waals surface area contributed by atoms with Crippen LogP contribution in [-0.2, 0) is 14.8 Å². The first-order valence-electron chi connectivity index (χ1n) is 6.96. The molecule has 2 N–H and O–H groups in total. The lowest BCUT2D eigenvalue weighted by Gasteiger charge is -2.09. The van der Waals surface area contributed by atoms with E-state index in [2.05, 4.69) is 14.8 Å². The van der Waals surface area contributed by atoms with Crippen LogP contribution in [0.5, 0.6) is 0 Å². The Hall–Kier alpha value is -2.58. The number of hydrogen-bond donors (Lipinski definition) is 2. The van der Waals surface area contributed by atoms with E-state index in [1.807, 2.05) is 0 Å². The third-order valence-corrected chi connectivity index (χ3v) is 4.02. The molecule has 25 heavy (non-hydrogen) atoms. The third-order valence-electron chi connectivity index (χ3n) is 3.08. The fourth-order valence-corrected chi connectivity index (χ4v) is 2.74. The first-order chi connectivity index (χ1) is 11.7. The highest BCUT2D eigenvalue weighted by Crippen LogP contribution is 2.22. The number of nitrogens with one attached hydrogen (secondary N) is 2. The number of esters is 1. The largest absolute Gasteiger partial charge is 0.465 e. The molecule has 2 aromatic carbocycles. The minimum absolute atomic E-state index is 0.134. The van der Waals surface area contributed by atoms with Crippen molar-refractivity contribution in [3.63, 3.8) is 0 Å². The van der Waals surface area contributed by atoms with Gasteiger partial charge < -0.3 is 10.1 Å². The van der Waals surface area contributed by atoms with Crippen LogP contribution in [0, 0.1) is 0 Å². The van der Waals surface area contributed by atoms with Crippen molar-refractivity contribution in [2.75, 3.05) is 23.4 Å². The van der Waals surface area contributed by atoms with Crippen molar-refractivity contribution in [2.45, 2.75) is 0 Å². The second-order valence-electron chi connectivity index (χ2n) is 5.09. The normalized spacial score (nSPS) is 10.8. The molecule has 0 atom stereocenters. The summed E-state index contributed by atoms with van der Waals surface area (Å²) in [7, 11) is -2.15. The molecule has 0 heterocycles. The molecule has 2 rings (SSSR count). The molecular weight excluding hydrogens is 368 g/mol. The van der Waals surface area contributed by atoms with Gasteiger partial charge in [0.1, 0.15) is 0 Å². The Morgan fingerprint density at radius 3 is 2.20 bits per heavy atom. The zero-order chi connectivity index (χ0) is 18.6. The molecule has 0 aliphatic carbocycles. The molecule has 0 spiro atoms. The van der Waals surface area contributed by atoms with Gasteiger partial charge in [-0.25, -0.2) is 13.2 Å². The van der Waals surface area contributed by atoms with E-state index in [-0.39, 0.29) is 10.6 Å². The fraction of sp³-hybridized carbons (Fsp3) is 0.125. The molecule has 0 unspecified atom stereocenters. The van der Waals surface area contributed by atoms with Crippen LogP contribution >= 0.6 is 11.6 Å². The molecule has 0 aromatic heterocycles. The van der Waals surface area contributed by atoms with E-state index in [4.69, 9.17) is 11.6 Å². The van der Waals surface area contributed by atoms with E-state index >= 15 is 0 Å². The molecule has 0 aliphatic heterocycles. The van der Waals surface area contributed by atoms with Crippen LogP contribution in [0.4, 0.5) is 11.4 Å². The average Bonchev–Trinajstić information content (AvgIpc) is 2.55. The van der Waals surface area contributed by atoms with Gasteiger partial charge in [-0.2, -0.15) is 0 Å². The molecule has 0 bridgehead atoms. The zero-order valence-electron chi connectivity index (χ0n) is 13.4. The quantitative estimate of drug-likeness (QED) is 0.774. The number of methoxy groups -OCH3 is 1. The van der Waals surface area contributed by atoms with Crippen molar-refractivity contribution in [3.8, 4) is 0 Å². The molecule has 0 saturated carbocycles. The number of rotatable bonds is 5. The van der Waals surface area contributed by atoms with Crippen molar-refractivity contribution in [2.24, 2.45) is 0 Å². The van der Waals surface area contributed by atoms with Crippen LogP contribution in [0.25, 0.3) is 0 Å². The smallest absolute Gasteiger partial charge is 0.339 e. The van der Waals surface area contributed by atoms with Crippen molar-refractivity contribution in [1.29, 1.82) is 0 Å². The summed E-state index contributed by atoms with van der Waals surface area (Å²) in [5.41, 5.74) is 1.16. The Labute approximate surface area is 150 Å². The molecule has 132 valence electrons. The number of hydrogen-bond acceptors (Lipinski definition) is 5. The first-order valence-corrected chi connectivity index (χ1v) is 9.23. The lowest BCUT2D eigenvalue weighted by molar-refractivity contribution is 0.0600. The number of halogens is 1. The summed E-state index contributed by atoms with van der Waals surface area (Å²) in [6, 6.07) is 10.3. The summed E-state index contributed by atoms with van der Waals surface area (Å²) in [5.74, 6) is -1.04. The van der Waals surface area contributed by atoms with Crippen molar-refractivity contribution in [1.82, 2.24) is 0 Å². The summed E-state index contributed by atoms with van der Waals surface area (Å²) < 4.78 is 29.2. The van der Waals surface area contributed by atoms with Gasteiger partial charge in [-0.1, -0.05) is 11.6 Å². The first kappa shape index (κ1) is 18.8. The Balaban J connectivity index is 2.16. The number of carbonyl (C=O) groups is 2. The van der Waals surface area contributed by atoms with Crippen LogP contribution in [0.3, 0.4) is 0 Å². The van der Waals surface area contributed by atoms with Crippen molar-refractivity contribution < 1.29 is 22.7 Å². The van der Waals surface area contributed by atoms with E-state index < -0.39 is 21.9 Å². The highest BCUT2D eigenvalue weighted by molar-refractivity contribution is 7.92. The lowest BCUT2D eigenvalue weighted by atomic mass is 10.1. The second kappa shape index (κ2) is 7.54. The second-order valence-corrected chi connectivity index (χ2v) is 7.25.